The number of rotatable bonds is 5. The zero-order valence-electron chi connectivity index (χ0n) is 11.2. The summed E-state index contributed by atoms with van der Waals surface area (Å²) in [7, 11) is 0. The summed E-state index contributed by atoms with van der Waals surface area (Å²) in [5.74, 6) is -1.82. The van der Waals surface area contributed by atoms with Crippen LogP contribution in [0.15, 0.2) is 34.8 Å². The standard InChI is InChI=1S/C15H13BrClF2NO/c1-2-20-8-9-3-4-11(17)7-13(9)21-14-6-10(16)5-12(18)15(14)19/h3-7,20H,2,8H2,1H3. The molecule has 0 spiro atoms. The number of nitrogens with one attached hydrogen (secondary N) is 1. The first-order chi connectivity index (χ1) is 10.0. The maximum atomic E-state index is 13.8. The van der Waals surface area contributed by atoms with Gasteiger partial charge in [-0.25, -0.2) is 4.39 Å². The highest BCUT2D eigenvalue weighted by Gasteiger charge is 2.14. The molecule has 0 radical (unpaired) electrons. The van der Waals surface area contributed by atoms with E-state index in [0.717, 1.165) is 18.2 Å². The Labute approximate surface area is 135 Å². The quantitative estimate of drug-likeness (QED) is 0.717. The molecule has 21 heavy (non-hydrogen) atoms. The van der Waals surface area contributed by atoms with Gasteiger partial charge in [0.25, 0.3) is 0 Å². The molecule has 0 heterocycles. The third-order valence-corrected chi connectivity index (χ3v) is 3.47. The van der Waals surface area contributed by atoms with Gasteiger partial charge in [-0.15, -0.1) is 0 Å². The summed E-state index contributed by atoms with van der Waals surface area (Å²) in [6.45, 7) is 3.29. The van der Waals surface area contributed by atoms with Gasteiger partial charge in [0.1, 0.15) is 5.75 Å². The van der Waals surface area contributed by atoms with Crippen LogP contribution in [0, 0.1) is 11.6 Å². The lowest BCUT2D eigenvalue weighted by atomic mass is 10.2. The molecule has 0 aliphatic rings. The van der Waals surface area contributed by atoms with Crippen molar-refractivity contribution >= 4 is 27.5 Å². The highest BCUT2D eigenvalue weighted by atomic mass is 79.9. The molecule has 0 saturated carbocycles. The zero-order chi connectivity index (χ0) is 15.4. The van der Waals surface area contributed by atoms with Crippen molar-refractivity contribution in [2.75, 3.05) is 6.54 Å². The lowest BCUT2D eigenvalue weighted by Gasteiger charge is -2.13. The van der Waals surface area contributed by atoms with Gasteiger partial charge in [-0.1, -0.05) is 40.5 Å². The number of ether oxygens (including phenoxy) is 1. The number of benzene rings is 2. The van der Waals surface area contributed by atoms with Crippen molar-refractivity contribution in [1.82, 2.24) is 5.32 Å². The van der Waals surface area contributed by atoms with Gasteiger partial charge in [0.15, 0.2) is 11.6 Å². The van der Waals surface area contributed by atoms with E-state index in [-0.39, 0.29) is 5.75 Å². The van der Waals surface area contributed by atoms with Crippen molar-refractivity contribution < 1.29 is 13.5 Å². The van der Waals surface area contributed by atoms with Crippen LogP contribution in [0.5, 0.6) is 11.5 Å². The van der Waals surface area contributed by atoms with Crippen LogP contribution in [-0.2, 0) is 6.54 Å². The molecule has 0 aliphatic carbocycles. The second-order valence-corrected chi connectivity index (χ2v) is 5.69. The average Bonchev–Trinajstić information content (AvgIpc) is 2.43. The number of hydrogen-bond acceptors (Lipinski definition) is 2. The summed E-state index contributed by atoms with van der Waals surface area (Å²) in [5.41, 5.74) is 0.807. The average molecular weight is 377 g/mol. The number of halogens is 4. The molecule has 0 bridgehead atoms. The molecule has 0 fully saturated rings. The van der Waals surface area contributed by atoms with Crippen LogP contribution >= 0.6 is 27.5 Å². The fraction of sp³-hybridized carbons (Fsp3) is 0.200. The molecule has 0 atom stereocenters. The van der Waals surface area contributed by atoms with Crippen LogP contribution in [0.4, 0.5) is 8.78 Å². The lowest BCUT2D eigenvalue weighted by molar-refractivity contribution is 0.411. The van der Waals surface area contributed by atoms with E-state index in [0.29, 0.717) is 21.8 Å². The molecule has 0 aliphatic heterocycles. The van der Waals surface area contributed by atoms with Gasteiger partial charge in [-0.3, -0.25) is 0 Å². The Kier molecular flexibility index (Phi) is 5.56. The molecule has 0 amide bonds. The SMILES string of the molecule is CCNCc1ccc(Cl)cc1Oc1cc(Br)cc(F)c1F. The first-order valence-electron chi connectivity index (χ1n) is 6.32. The Bertz CT molecular complexity index is 652. The third-order valence-electron chi connectivity index (χ3n) is 2.77. The van der Waals surface area contributed by atoms with E-state index in [1.54, 1.807) is 18.2 Å². The number of hydrogen-bond donors (Lipinski definition) is 1. The van der Waals surface area contributed by atoms with Gasteiger partial charge in [0.05, 0.1) is 0 Å². The summed E-state index contributed by atoms with van der Waals surface area (Å²) >= 11 is 9.05. The summed E-state index contributed by atoms with van der Waals surface area (Å²) < 4.78 is 33.1. The van der Waals surface area contributed by atoms with E-state index in [4.69, 9.17) is 16.3 Å². The molecular weight excluding hydrogens is 364 g/mol. The molecular formula is C15H13BrClF2NO. The molecule has 112 valence electrons. The van der Waals surface area contributed by atoms with Crippen LogP contribution in [0.25, 0.3) is 0 Å². The maximum absolute atomic E-state index is 13.8. The largest absolute Gasteiger partial charge is 0.454 e. The highest BCUT2D eigenvalue weighted by Crippen LogP contribution is 2.32. The van der Waals surface area contributed by atoms with Gasteiger partial charge in [-0.2, -0.15) is 4.39 Å². The Morgan fingerprint density at radius 2 is 1.95 bits per heavy atom. The van der Waals surface area contributed by atoms with E-state index in [9.17, 15) is 8.78 Å². The summed E-state index contributed by atoms with van der Waals surface area (Å²) in [6, 6.07) is 7.49. The minimum Gasteiger partial charge on any atom is -0.454 e. The Morgan fingerprint density at radius 3 is 2.67 bits per heavy atom. The van der Waals surface area contributed by atoms with Gasteiger partial charge < -0.3 is 10.1 Å². The minimum atomic E-state index is -1.03. The van der Waals surface area contributed by atoms with Gasteiger partial charge in [-0.05, 0) is 30.8 Å². The van der Waals surface area contributed by atoms with Gasteiger partial charge >= 0.3 is 0 Å². The fourth-order valence-electron chi connectivity index (χ4n) is 1.75. The molecule has 1 N–H and O–H groups in total. The first kappa shape index (κ1) is 16.2. The van der Waals surface area contributed by atoms with Crippen molar-refractivity contribution in [1.29, 1.82) is 0 Å². The van der Waals surface area contributed by atoms with Crippen LogP contribution in [0.2, 0.25) is 5.02 Å². The molecule has 2 aromatic rings. The summed E-state index contributed by atoms with van der Waals surface area (Å²) in [6.07, 6.45) is 0. The zero-order valence-corrected chi connectivity index (χ0v) is 13.6. The summed E-state index contributed by atoms with van der Waals surface area (Å²) in [4.78, 5) is 0. The first-order valence-corrected chi connectivity index (χ1v) is 7.50. The monoisotopic (exact) mass is 375 g/mol. The lowest BCUT2D eigenvalue weighted by Crippen LogP contribution is -2.12. The second kappa shape index (κ2) is 7.20. The van der Waals surface area contributed by atoms with Crippen molar-refractivity contribution in [3.63, 3.8) is 0 Å². The van der Waals surface area contributed by atoms with Crippen molar-refractivity contribution in [2.45, 2.75) is 13.5 Å². The second-order valence-electron chi connectivity index (χ2n) is 4.33. The Hall–Kier alpha value is -1.17. The van der Waals surface area contributed by atoms with Crippen molar-refractivity contribution in [3.8, 4) is 11.5 Å². The third kappa shape index (κ3) is 4.15. The predicted octanol–water partition coefficient (Wildman–Crippen LogP) is 5.28. The summed E-state index contributed by atoms with van der Waals surface area (Å²) in [5, 5.41) is 3.61. The van der Waals surface area contributed by atoms with Crippen molar-refractivity contribution in [2.24, 2.45) is 0 Å². The topological polar surface area (TPSA) is 21.3 Å². The van der Waals surface area contributed by atoms with Gasteiger partial charge in [0, 0.05) is 21.6 Å². The van der Waals surface area contributed by atoms with E-state index < -0.39 is 11.6 Å². The van der Waals surface area contributed by atoms with Crippen LogP contribution in [0.3, 0.4) is 0 Å². The van der Waals surface area contributed by atoms with Crippen molar-refractivity contribution in [3.05, 3.63) is 57.0 Å². The molecule has 0 aromatic heterocycles. The smallest absolute Gasteiger partial charge is 0.201 e. The molecule has 2 rings (SSSR count). The maximum Gasteiger partial charge on any atom is 0.201 e. The highest BCUT2D eigenvalue weighted by molar-refractivity contribution is 9.10. The van der Waals surface area contributed by atoms with Crippen LogP contribution in [-0.4, -0.2) is 6.54 Å². The molecule has 0 unspecified atom stereocenters. The molecule has 0 saturated heterocycles. The van der Waals surface area contributed by atoms with E-state index in [1.165, 1.54) is 6.07 Å². The van der Waals surface area contributed by atoms with Crippen LogP contribution in [0.1, 0.15) is 12.5 Å². The normalized spacial score (nSPS) is 10.7. The Morgan fingerprint density at radius 1 is 1.19 bits per heavy atom. The predicted molar refractivity (Wildman–Crippen MR) is 83.0 cm³/mol. The van der Waals surface area contributed by atoms with E-state index >= 15 is 0 Å². The van der Waals surface area contributed by atoms with Crippen LogP contribution < -0.4 is 10.1 Å². The molecule has 6 heteroatoms. The molecule has 2 nitrogen and oxygen atoms in total. The Balaban J connectivity index is 2.36. The van der Waals surface area contributed by atoms with Gasteiger partial charge in [0.2, 0.25) is 5.82 Å². The molecule has 2 aromatic carbocycles. The van der Waals surface area contributed by atoms with E-state index in [1.807, 2.05) is 6.92 Å². The minimum absolute atomic E-state index is 0.193. The fourth-order valence-corrected chi connectivity index (χ4v) is 2.33. The van der Waals surface area contributed by atoms with E-state index in [2.05, 4.69) is 21.2 Å².